The third-order valence-electron chi connectivity index (χ3n) is 6.82. The van der Waals surface area contributed by atoms with Crippen LogP contribution in [0.1, 0.15) is 44.6 Å². The number of piperazine rings is 1. The van der Waals surface area contributed by atoms with Crippen LogP contribution >= 0.6 is 23.4 Å². The molecule has 4 rings (SSSR count). The number of unbranched alkanes of at least 4 members (excludes halogenated alkanes) is 4. The first-order valence-electron chi connectivity index (χ1n) is 13.1. The summed E-state index contributed by atoms with van der Waals surface area (Å²) in [5.74, 6) is 0.671. The molecule has 0 aliphatic carbocycles. The van der Waals surface area contributed by atoms with E-state index in [9.17, 15) is 13.2 Å². The first kappa shape index (κ1) is 28.7. The minimum Gasteiger partial charge on any atom is -0.353 e. The number of halogens is 1. The first-order chi connectivity index (χ1) is 18.4. The van der Waals surface area contributed by atoms with Crippen molar-refractivity contribution in [2.75, 3.05) is 37.3 Å². The second-order valence-electron chi connectivity index (χ2n) is 9.39. The van der Waals surface area contributed by atoms with E-state index >= 15 is 0 Å². The van der Waals surface area contributed by atoms with Crippen LogP contribution in [0.2, 0.25) is 5.02 Å². The van der Waals surface area contributed by atoms with Crippen molar-refractivity contribution in [1.82, 2.24) is 13.9 Å². The molecule has 1 aliphatic heterocycles. The zero-order valence-corrected chi connectivity index (χ0v) is 24.4. The van der Waals surface area contributed by atoms with Gasteiger partial charge >= 0.3 is 0 Å². The molecule has 2 heterocycles. The van der Waals surface area contributed by atoms with E-state index in [0.29, 0.717) is 64.7 Å². The summed E-state index contributed by atoms with van der Waals surface area (Å²) in [4.78, 5) is 21.3. The molecule has 0 N–H and O–H groups in total. The van der Waals surface area contributed by atoms with Crippen LogP contribution < -0.4 is 10.5 Å². The van der Waals surface area contributed by atoms with Crippen molar-refractivity contribution < 1.29 is 8.42 Å². The van der Waals surface area contributed by atoms with Gasteiger partial charge in [-0.2, -0.15) is 4.31 Å². The highest BCUT2D eigenvalue weighted by atomic mass is 35.5. The molecule has 0 spiro atoms. The molecule has 3 aromatic rings. The number of hydrogen-bond donors (Lipinski definition) is 0. The number of anilines is 1. The van der Waals surface area contributed by atoms with E-state index in [0.717, 1.165) is 25.7 Å². The summed E-state index contributed by atoms with van der Waals surface area (Å²) in [5, 5.41) is 1.14. The molecule has 38 heavy (non-hydrogen) atoms. The van der Waals surface area contributed by atoms with Crippen LogP contribution in [0.4, 0.5) is 5.82 Å². The van der Waals surface area contributed by atoms with Crippen LogP contribution in [0.25, 0.3) is 5.69 Å². The van der Waals surface area contributed by atoms with E-state index in [1.54, 1.807) is 47.0 Å². The molecule has 1 aromatic heterocycles. The molecular formula is C28H35ClN4O3S2. The largest absolute Gasteiger partial charge is 0.353 e. The Balaban J connectivity index is 1.65. The predicted molar refractivity (Wildman–Crippen MR) is 157 cm³/mol. The number of aromatic nitrogens is 2. The minimum atomic E-state index is -3.56. The normalized spacial score (nSPS) is 14.7. The maximum absolute atomic E-state index is 14.0. The lowest BCUT2D eigenvalue weighted by molar-refractivity contribution is 0.382. The summed E-state index contributed by atoms with van der Waals surface area (Å²) >= 11 is 7.67. The SMILES string of the molecule is CCCCCCCc1c(N2CCN(S(=O)(=O)c3ccccc3)CC2)nc(SC)n(-c2cccc(Cl)c2)c1=O. The Bertz CT molecular complexity index is 1390. The summed E-state index contributed by atoms with van der Waals surface area (Å²) in [6.45, 7) is 3.79. The van der Waals surface area contributed by atoms with Crippen LogP contribution in [-0.2, 0) is 16.4 Å². The summed E-state index contributed by atoms with van der Waals surface area (Å²) in [6.07, 6.45) is 7.97. The highest BCUT2D eigenvalue weighted by Crippen LogP contribution is 2.27. The first-order valence-corrected chi connectivity index (χ1v) is 16.2. The van der Waals surface area contributed by atoms with Gasteiger partial charge in [0, 0.05) is 31.2 Å². The number of hydrogen-bond acceptors (Lipinski definition) is 6. The molecule has 2 aromatic carbocycles. The van der Waals surface area contributed by atoms with Gasteiger partial charge in [0.1, 0.15) is 5.82 Å². The Kier molecular flexibility index (Phi) is 9.92. The molecule has 0 amide bonds. The van der Waals surface area contributed by atoms with Gasteiger partial charge in [0.05, 0.1) is 16.1 Å². The molecule has 0 atom stereocenters. The minimum absolute atomic E-state index is 0.0866. The lowest BCUT2D eigenvalue weighted by Gasteiger charge is -2.35. The van der Waals surface area contributed by atoms with E-state index in [-0.39, 0.29) is 5.56 Å². The van der Waals surface area contributed by atoms with Gasteiger partial charge in [-0.1, -0.05) is 80.2 Å². The third-order valence-corrected chi connectivity index (χ3v) is 9.61. The number of rotatable bonds is 11. The van der Waals surface area contributed by atoms with E-state index < -0.39 is 10.0 Å². The fraction of sp³-hybridized carbons (Fsp3) is 0.429. The third kappa shape index (κ3) is 6.45. The zero-order valence-electron chi connectivity index (χ0n) is 22.0. The number of benzene rings is 2. The fourth-order valence-corrected chi connectivity index (χ4v) is 6.95. The molecule has 0 saturated carbocycles. The topological polar surface area (TPSA) is 75.5 Å². The van der Waals surface area contributed by atoms with E-state index in [1.807, 2.05) is 18.4 Å². The van der Waals surface area contributed by atoms with Gasteiger partial charge in [-0.25, -0.2) is 13.4 Å². The molecule has 1 saturated heterocycles. The van der Waals surface area contributed by atoms with Gasteiger partial charge < -0.3 is 4.90 Å². The average molecular weight is 575 g/mol. The van der Waals surface area contributed by atoms with Crippen molar-refractivity contribution in [3.8, 4) is 5.69 Å². The second kappa shape index (κ2) is 13.2. The van der Waals surface area contributed by atoms with Crippen molar-refractivity contribution in [3.63, 3.8) is 0 Å². The van der Waals surface area contributed by atoms with Crippen molar-refractivity contribution in [2.45, 2.75) is 55.5 Å². The monoisotopic (exact) mass is 574 g/mol. The van der Waals surface area contributed by atoms with E-state index in [1.165, 1.54) is 22.5 Å². The van der Waals surface area contributed by atoms with Gasteiger partial charge in [-0.3, -0.25) is 9.36 Å². The standard InChI is InChI=1S/C28H35ClN4O3S2/c1-3-4-5-6-10-16-25-26(30-28(37-2)33(27(25)34)23-13-11-12-22(29)21-23)31-17-19-32(20-18-31)38(35,36)24-14-8-7-9-15-24/h7-9,11-15,21H,3-6,10,16-20H2,1-2H3. The lowest BCUT2D eigenvalue weighted by Crippen LogP contribution is -2.49. The Hall–Kier alpha value is -2.33. The highest BCUT2D eigenvalue weighted by molar-refractivity contribution is 7.98. The fourth-order valence-electron chi connectivity index (χ4n) is 4.77. The van der Waals surface area contributed by atoms with Gasteiger partial charge in [0.25, 0.3) is 5.56 Å². The molecule has 0 radical (unpaired) electrons. The molecule has 204 valence electrons. The van der Waals surface area contributed by atoms with Gasteiger partial charge in [0.2, 0.25) is 10.0 Å². The highest BCUT2D eigenvalue weighted by Gasteiger charge is 2.30. The van der Waals surface area contributed by atoms with Crippen molar-refractivity contribution >= 4 is 39.2 Å². The Morgan fingerprint density at radius 1 is 0.947 bits per heavy atom. The Labute approximate surface area is 234 Å². The van der Waals surface area contributed by atoms with E-state index in [2.05, 4.69) is 11.8 Å². The van der Waals surface area contributed by atoms with Crippen LogP contribution in [-0.4, -0.2) is 54.7 Å². The maximum Gasteiger partial charge on any atom is 0.264 e. The Morgan fingerprint density at radius 3 is 2.32 bits per heavy atom. The molecular weight excluding hydrogens is 540 g/mol. The number of nitrogens with zero attached hydrogens (tertiary/aromatic N) is 4. The molecule has 7 nitrogen and oxygen atoms in total. The molecule has 0 unspecified atom stereocenters. The number of thioether (sulfide) groups is 1. The average Bonchev–Trinajstić information content (AvgIpc) is 2.93. The lowest BCUT2D eigenvalue weighted by atomic mass is 10.1. The summed E-state index contributed by atoms with van der Waals surface area (Å²) in [6, 6.07) is 15.8. The van der Waals surface area contributed by atoms with E-state index in [4.69, 9.17) is 16.6 Å². The van der Waals surface area contributed by atoms with Crippen LogP contribution in [0.3, 0.4) is 0 Å². The van der Waals surface area contributed by atoms with Crippen molar-refractivity contribution in [1.29, 1.82) is 0 Å². The Morgan fingerprint density at radius 2 is 1.66 bits per heavy atom. The van der Waals surface area contributed by atoms with Gasteiger partial charge in [0.15, 0.2) is 5.16 Å². The van der Waals surface area contributed by atoms with Crippen molar-refractivity contribution in [2.24, 2.45) is 0 Å². The van der Waals surface area contributed by atoms with Crippen LogP contribution in [0, 0.1) is 0 Å². The molecule has 1 fully saturated rings. The van der Waals surface area contributed by atoms with Gasteiger partial charge in [-0.15, -0.1) is 0 Å². The van der Waals surface area contributed by atoms with Crippen molar-refractivity contribution in [3.05, 3.63) is 75.5 Å². The quantitative estimate of drug-likeness (QED) is 0.168. The van der Waals surface area contributed by atoms with Crippen LogP contribution in [0.5, 0.6) is 0 Å². The molecule has 10 heteroatoms. The second-order valence-corrected chi connectivity index (χ2v) is 12.5. The van der Waals surface area contributed by atoms with Gasteiger partial charge in [-0.05, 0) is 49.4 Å². The number of sulfonamides is 1. The predicted octanol–water partition coefficient (Wildman–Crippen LogP) is 5.63. The summed E-state index contributed by atoms with van der Waals surface area (Å²) in [5.41, 5.74) is 1.28. The smallest absolute Gasteiger partial charge is 0.264 e. The summed E-state index contributed by atoms with van der Waals surface area (Å²) in [7, 11) is -3.56. The van der Waals surface area contributed by atoms with Crippen LogP contribution in [0.15, 0.2) is 69.4 Å². The molecule has 0 bridgehead atoms. The zero-order chi connectivity index (χ0) is 27.1. The molecule has 1 aliphatic rings. The summed E-state index contributed by atoms with van der Waals surface area (Å²) < 4.78 is 29.4. The maximum atomic E-state index is 14.0.